The molecule has 4 rings (SSSR count). The second kappa shape index (κ2) is 6.02. The monoisotopic (exact) mass is 340 g/mol. The fourth-order valence-corrected chi connectivity index (χ4v) is 3.16. The summed E-state index contributed by atoms with van der Waals surface area (Å²) in [6.07, 6.45) is 3.84. The summed E-state index contributed by atoms with van der Waals surface area (Å²) >= 11 is 0. The highest BCUT2D eigenvalue weighted by molar-refractivity contribution is 6.07. The molecule has 6 heteroatoms. The lowest BCUT2D eigenvalue weighted by Crippen LogP contribution is -2.42. The maximum Gasteiger partial charge on any atom is 0.326 e. The molecule has 2 aromatic rings. The van der Waals surface area contributed by atoms with E-state index in [2.05, 4.69) is 10.3 Å². The van der Waals surface area contributed by atoms with Crippen LogP contribution in [0.2, 0.25) is 0 Å². The van der Waals surface area contributed by atoms with Crippen LogP contribution in [0.15, 0.2) is 24.3 Å². The van der Waals surface area contributed by atoms with Crippen LogP contribution in [0.25, 0.3) is 10.9 Å². The average molecular weight is 340 g/mol. The molecule has 2 fully saturated rings. The molecule has 1 unspecified atom stereocenters. The molecular weight excluding hydrogens is 320 g/mol. The third-order valence-electron chi connectivity index (χ3n) is 4.92. The van der Waals surface area contributed by atoms with Crippen LogP contribution >= 0.6 is 0 Å². The van der Waals surface area contributed by atoms with E-state index in [0.29, 0.717) is 22.6 Å². The van der Waals surface area contributed by atoms with Crippen molar-refractivity contribution < 1.29 is 19.4 Å². The zero-order valence-corrected chi connectivity index (χ0v) is 14.0. The van der Waals surface area contributed by atoms with Crippen LogP contribution in [0.3, 0.4) is 0 Å². The normalized spacial score (nSPS) is 18.0. The topological polar surface area (TPSA) is 88.5 Å². The molecule has 0 bridgehead atoms. The Morgan fingerprint density at radius 1 is 1.24 bits per heavy atom. The first-order valence-corrected chi connectivity index (χ1v) is 8.59. The minimum absolute atomic E-state index is 0.0343. The lowest BCUT2D eigenvalue weighted by atomic mass is 10.0. The number of fused-ring (bicyclic) bond motifs is 1. The highest BCUT2D eigenvalue weighted by atomic mass is 16.5. The molecule has 0 radical (unpaired) electrons. The predicted molar refractivity (Wildman–Crippen MR) is 91.9 cm³/mol. The molecule has 0 spiro atoms. The number of amides is 1. The lowest BCUT2D eigenvalue weighted by Gasteiger charge is -2.15. The van der Waals surface area contributed by atoms with E-state index < -0.39 is 12.0 Å². The number of methoxy groups -OCH3 is 1. The van der Waals surface area contributed by atoms with Gasteiger partial charge in [-0.3, -0.25) is 9.78 Å². The maximum atomic E-state index is 12.9. The number of nitrogens with one attached hydrogen (secondary N) is 1. The highest BCUT2D eigenvalue weighted by Gasteiger charge is 2.38. The third kappa shape index (κ3) is 3.16. The summed E-state index contributed by atoms with van der Waals surface area (Å²) in [5.74, 6) is -0.265. The molecule has 1 amide bonds. The van der Waals surface area contributed by atoms with Crippen molar-refractivity contribution in [2.24, 2.45) is 5.92 Å². The van der Waals surface area contributed by atoms with Crippen molar-refractivity contribution in [1.29, 1.82) is 0 Å². The SMILES string of the molecule is COc1ccc2nc(C3CC3)cc(C(=O)NC(C(=O)O)C3CC3)c2c1. The van der Waals surface area contributed by atoms with Crippen LogP contribution in [0.5, 0.6) is 5.75 Å². The second-order valence-corrected chi connectivity index (χ2v) is 6.88. The molecule has 2 N–H and O–H groups in total. The van der Waals surface area contributed by atoms with Gasteiger partial charge in [0.25, 0.3) is 5.91 Å². The lowest BCUT2D eigenvalue weighted by molar-refractivity contribution is -0.139. The third-order valence-corrected chi connectivity index (χ3v) is 4.92. The van der Waals surface area contributed by atoms with E-state index in [-0.39, 0.29) is 11.8 Å². The van der Waals surface area contributed by atoms with Crippen molar-refractivity contribution in [1.82, 2.24) is 10.3 Å². The van der Waals surface area contributed by atoms with Gasteiger partial charge in [0.1, 0.15) is 11.8 Å². The molecule has 0 aliphatic heterocycles. The zero-order chi connectivity index (χ0) is 17.6. The average Bonchev–Trinajstić information content (AvgIpc) is 3.49. The summed E-state index contributed by atoms with van der Waals surface area (Å²) in [5, 5.41) is 12.8. The molecule has 0 saturated heterocycles. The first-order valence-electron chi connectivity index (χ1n) is 8.59. The van der Waals surface area contributed by atoms with Crippen LogP contribution in [-0.4, -0.2) is 35.1 Å². The number of rotatable bonds is 6. The first-order chi connectivity index (χ1) is 12.1. The van der Waals surface area contributed by atoms with E-state index in [0.717, 1.165) is 36.9 Å². The number of carboxylic acid groups (broad SMARTS) is 1. The molecule has 2 aliphatic rings. The van der Waals surface area contributed by atoms with Gasteiger partial charge in [-0.15, -0.1) is 0 Å². The number of carbonyl (C=O) groups is 2. The fourth-order valence-electron chi connectivity index (χ4n) is 3.16. The van der Waals surface area contributed by atoms with Gasteiger partial charge in [-0.25, -0.2) is 4.79 Å². The number of carbonyl (C=O) groups excluding carboxylic acids is 1. The Labute approximate surface area is 145 Å². The molecule has 2 saturated carbocycles. The van der Waals surface area contributed by atoms with Crippen LogP contribution < -0.4 is 10.1 Å². The molecule has 2 aliphatic carbocycles. The van der Waals surface area contributed by atoms with Gasteiger partial charge >= 0.3 is 5.97 Å². The second-order valence-electron chi connectivity index (χ2n) is 6.88. The predicted octanol–water partition coefficient (Wildman–Crippen LogP) is 2.71. The van der Waals surface area contributed by atoms with Crippen molar-refractivity contribution in [3.8, 4) is 5.75 Å². The highest BCUT2D eigenvalue weighted by Crippen LogP contribution is 2.40. The molecule has 130 valence electrons. The molecule has 1 atom stereocenters. The van der Waals surface area contributed by atoms with Crippen LogP contribution in [0.1, 0.15) is 47.7 Å². The fraction of sp³-hybridized carbons (Fsp3) is 0.421. The van der Waals surface area contributed by atoms with Gasteiger partial charge in [-0.2, -0.15) is 0 Å². The molecular formula is C19H20N2O4. The summed E-state index contributed by atoms with van der Waals surface area (Å²) in [7, 11) is 1.57. The van der Waals surface area contributed by atoms with Crippen molar-refractivity contribution >= 4 is 22.8 Å². The van der Waals surface area contributed by atoms with Gasteiger partial charge in [0.2, 0.25) is 0 Å². The van der Waals surface area contributed by atoms with Gasteiger partial charge in [0, 0.05) is 17.0 Å². The maximum absolute atomic E-state index is 12.9. The van der Waals surface area contributed by atoms with E-state index in [1.165, 1.54) is 0 Å². The standard InChI is InChI=1S/C19H20N2O4/c1-25-12-6-7-15-13(8-12)14(9-16(20-15)10-2-3-10)18(22)21-17(19(23)24)11-4-5-11/h6-11,17H,2-5H2,1H3,(H,21,22)(H,23,24). The van der Waals surface area contributed by atoms with Crippen molar-refractivity contribution in [2.75, 3.05) is 7.11 Å². The Kier molecular flexibility index (Phi) is 3.82. The van der Waals surface area contributed by atoms with E-state index in [1.807, 2.05) is 12.1 Å². The number of nitrogens with zero attached hydrogens (tertiary/aromatic N) is 1. The Hall–Kier alpha value is -2.63. The van der Waals surface area contributed by atoms with Gasteiger partial charge < -0.3 is 15.2 Å². The minimum Gasteiger partial charge on any atom is -0.497 e. The zero-order valence-electron chi connectivity index (χ0n) is 14.0. The van der Waals surface area contributed by atoms with E-state index in [4.69, 9.17) is 4.74 Å². The summed E-state index contributed by atoms with van der Waals surface area (Å²) in [6, 6.07) is 6.41. The molecule has 1 heterocycles. The summed E-state index contributed by atoms with van der Waals surface area (Å²) in [5.41, 5.74) is 2.10. The quantitative estimate of drug-likeness (QED) is 0.844. The van der Waals surface area contributed by atoms with Crippen molar-refractivity contribution in [2.45, 2.75) is 37.6 Å². The molecule has 1 aromatic heterocycles. The number of aromatic nitrogens is 1. The van der Waals surface area contributed by atoms with Gasteiger partial charge in [-0.05, 0) is 55.9 Å². The number of ether oxygens (including phenoxy) is 1. The first kappa shape index (κ1) is 15.9. The Balaban J connectivity index is 1.74. The van der Waals surface area contributed by atoms with Crippen LogP contribution in [0.4, 0.5) is 0 Å². The molecule has 1 aromatic carbocycles. The molecule has 25 heavy (non-hydrogen) atoms. The van der Waals surface area contributed by atoms with Crippen molar-refractivity contribution in [3.63, 3.8) is 0 Å². The van der Waals surface area contributed by atoms with Crippen LogP contribution in [-0.2, 0) is 4.79 Å². The van der Waals surface area contributed by atoms with Crippen LogP contribution in [0, 0.1) is 5.92 Å². The van der Waals surface area contributed by atoms with E-state index >= 15 is 0 Å². The number of carboxylic acids is 1. The number of pyridine rings is 1. The number of aliphatic carboxylic acids is 1. The summed E-state index contributed by atoms with van der Waals surface area (Å²) < 4.78 is 5.26. The Bertz CT molecular complexity index is 856. The van der Waals surface area contributed by atoms with Gasteiger partial charge in [0.15, 0.2) is 0 Å². The number of hydrogen-bond donors (Lipinski definition) is 2. The Morgan fingerprint density at radius 2 is 2.00 bits per heavy atom. The minimum atomic E-state index is -0.978. The van der Waals surface area contributed by atoms with E-state index in [1.54, 1.807) is 19.2 Å². The van der Waals surface area contributed by atoms with E-state index in [9.17, 15) is 14.7 Å². The Morgan fingerprint density at radius 3 is 2.60 bits per heavy atom. The van der Waals surface area contributed by atoms with Gasteiger partial charge in [0.05, 0.1) is 18.2 Å². The number of hydrogen-bond acceptors (Lipinski definition) is 4. The molecule has 6 nitrogen and oxygen atoms in total. The smallest absolute Gasteiger partial charge is 0.326 e. The summed E-state index contributed by atoms with van der Waals surface area (Å²) in [4.78, 5) is 29.0. The summed E-state index contributed by atoms with van der Waals surface area (Å²) in [6.45, 7) is 0. The van der Waals surface area contributed by atoms with Crippen molar-refractivity contribution in [3.05, 3.63) is 35.5 Å². The van der Waals surface area contributed by atoms with Gasteiger partial charge in [-0.1, -0.05) is 0 Å². The largest absolute Gasteiger partial charge is 0.497 e. The number of benzene rings is 1.